The van der Waals surface area contributed by atoms with E-state index < -0.39 is 11.6 Å². The quantitative estimate of drug-likeness (QED) is 0.724. The molecule has 0 amide bonds. The van der Waals surface area contributed by atoms with Crippen LogP contribution < -0.4 is 10.2 Å². The molecule has 1 saturated heterocycles. The van der Waals surface area contributed by atoms with Crippen LogP contribution in [0.4, 0.5) is 20.5 Å². The Bertz CT molecular complexity index is 939. The van der Waals surface area contributed by atoms with Crippen LogP contribution in [0.1, 0.15) is 17.2 Å². The van der Waals surface area contributed by atoms with E-state index in [2.05, 4.69) is 32.3 Å². The fourth-order valence-electron chi connectivity index (χ4n) is 3.28. The smallest absolute Gasteiger partial charge is 0.224 e. The number of anilines is 2. The Kier molecular flexibility index (Phi) is 5.43. The molecule has 7 heteroatoms. The summed E-state index contributed by atoms with van der Waals surface area (Å²) in [4.78, 5) is 10.9. The lowest BCUT2D eigenvalue weighted by Crippen LogP contribution is -2.40. The van der Waals surface area contributed by atoms with E-state index >= 15 is 0 Å². The number of ether oxygens (including phenoxy) is 1. The Labute approximate surface area is 162 Å². The van der Waals surface area contributed by atoms with E-state index in [0.29, 0.717) is 25.7 Å². The summed E-state index contributed by atoms with van der Waals surface area (Å²) in [7, 11) is 0. The molecule has 1 atom stereocenters. The first-order chi connectivity index (χ1) is 13.7. The molecular weight excluding hydrogens is 362 g/mol. The van der Waals surface area contributed by atoms with E-state index in [1.54, 1.807) is 6.20 Å². The molecule has 0 spiro atoms. The number of rotatable bonds is 5. The van der Waals surface area contributed by atoms with Crippen molar-refractivity contribution < 1.29 is 13.5 Å². The van der Waals surface area contributed by atoms with Crippen LogP contribution in [0.25, 0.3) is 0 Å². The van der Waals surface area contributed by atoms with Gasteiger partial charge in [-0.25, -0.2) is 13.8 Å². The average molecular weight is 382 g/mol. The molecule has 1 aliphatic heterocycles. The molecule has 0 bridgehead atoms. The number of nitrogens with zero attached hydrogens (tertiary/aromatic N) is 3. The first-order valence-electron chi connectivity index (χ1n) is 9.11. The van der Waals surface area contributed by atoms with Crippen molar-refractivity contribution in [1.82, 2.24) is 9.97 Å². The molecule has 1 N–H and O–H groups in total. The predicted molar refractivity (Wildman–Crippen MR) is 103 cm³/mol. The summed E-state index contributed by atoms with van der Waals surface area (Å²) in [6.45, 7) is 1.99. The summed E-state index contributed by atoms with van der Waals surface area (Å²) >= 11 is 0. The van der Waals surface area contributed by atoms with Gasteiger partial charge in [0.15, 0.2) is 11.6 Å². The van der Waals surface area contributed by atoms with Gasteiger partial charge in [-0.15, -0.1) is 0 Å². The third kappa shape index (κ3) is 3.94. The van der Waals surface area contributed by atoms with Crippen LogP contribution in [-0.2, 0) is 11.3 Å². The van der Waals surface area contributed by atoms with Gasteiger partial charge < -0.3 is 15.0 Å². The van der Waals surface area contributed by atoms with Gasteiger partial charge in [0.2, 0.25) is 5.95 Å². The van der Waals surface area contributed by atoms with Gasteiger partial charge in [-0.1, -0.05) is 42.5 Å². The first-order valence-corrected chi connectivity index (χ1v) is 9.11. The van der Waals surface area contributed by atoms with Crippen molar-refractivity contribution in [3.05, 3.63) is 83.6 Å². The average Bonchev–Trinajstić information content (AvgIpc) is 2.76. The van der Waals surface area contributed by atoms with Crippen molar-refractivity contribution in [3.63, 3.8) is 0 Å². The number of aromatic nitrogens is 2. The first kappa shape index (κ1) is 18.3. The van der Waals surface area contributed by atoms with Crippen molar-refractivity contribution in [2.45, 2.75) is 12.6 Å². The molecule has 0 aliphatic carbocycles. The molecule has 0 saturated carbocycles. The summed E-state index contributed by atoms with van der Waals surface area (Å²) < 4.78 is 32.9. The molecule has 28 heavy (non-hydrogen) atoms. The Morgan fingerprint density at radius 2 is 1.93 bits per heavy atom. The molecule has 0 radical (unpaired) electrons. The normalized spacial score (nSPS) is 16.8. The van der Waals surface area contributed by atoms with Crippen LogP contribution >= 0.6 is 0 Å². The highest BCUT2D eigenvalue weighted by atomic mass is 19.2. The minimum Gasteiger partial charge on any atom is -0.377 e. The zero-order chi connectivity index (χ0) is 19.3. The molecule has 4 rings (SSSR count). The maximum Gasteiger partial charge on any atom is 0.224 e. The van der Waals surface area contributed by atoms with E-state index in [1.807, 2.05) is 24.3 Å². The minimum atomic E-state index is -0.868. The van der Waals surface area contributed by atoms with Crippen molar-refractivity contribution >= 4 is 11.8 Å². The van der Waals surface area contributed by atoms with Gasteiger partial charge in [0.05, 0.1) is 19.3 Å². The molecule has 1 aromatic heterocycles. The lowest BCUT2D eigenvalue weighted by atomic mass is 10.1. The number of nitrogens with one attached hydrogen (secondary N) is 1. The number of halogens is 2. The highest BCUT2D eigenvalue weighted by molar-refractivity contribution is 5.46. The molecule has 144 valence electrons. The maximum absolute atomic E-state index is 13.8. The number of hydrogen-bond donors (Lipinski definition) is 1. The summed E-state index contributed by atoms with van der Waals surface area (Å²) in [5, 5.41) is 2.98. The summed E-state index contributed by atoms with van der Waals surface area (Å²) in [6, 6.07) is 16.1. The largest absolute Gasteiger partial charge is 0.377 e. The van der Waals surface area contributed by atoms with Crippen LogP contribution in [0.5, 0.6) is 0 Å². The fourth-order valence-corrected chi connectivity index (χ4v) is 3.28. The number of morpholine rings is 1. The van der Waals surface area contributed by atoms with Gasteiger partial charge in [-0.05, 0) is 17.7 Å². The fraction of sp³-hybridized carbons (Fsp3) is 0.238. The van der Waals surface area contributed by atoms with Gasteiger partial charge >= 0.3 is 0 Å². The lowest BCUT2D eigenvalue weighted by Gasteiger charge is -2.36. The van der Waals surface area contributed by atoms with Crippen LogP contribution in [0, 0.1) is 11.6 Å². The topological polar surface area (TPSA) is 50.3 Å². The van der Waals surface area contributed by atoms with Gasteiger partial charge in [0.1, 0.15) is 5.82 Å². The number of benzene rings is 2. The Morgan fingerprint density at radius 1 is 1.07 bits per heavy atom. The zero-order valence-electron chi connectivity index (χ0n) is 15.2. The van der Waals surface area contributed by atoms with E-state index in [-0.39, 0.29) is 18.2 Å². The van der Waals surface area contributed by atoms with Crippen molar-refractivity contribution in [2.24, 2.45) is 0 Å². The second kappa shape index (κ2) is 8.31. The third-order valence-corrected chi connectivity index (χ3v) is 4.72. The van der Waals surface area contributed by atoms with Crippen LogP contribution in [0.15, 0.2) is 60.8 Å². The van der Waals surface area contributed by atoms with Crippen molar-refractivity contribution in [3.8, 4) is 0 Å². The zero-order valence-corrected chi connectivity index (χ0v) is 15.2. The molecule has 2 heterocycles. The molecule has 3 aromatic rings. The monoisotopic (exact) mass is 382 g/mol. The maximum atomic E-state index is 13.8. The van der Waals surface area contributed by atoms with Crippen LogP contribution in [-0.4, -0.2) is 29.7 Å². The molecule has 1 fully saturated rings. The highest BCUT2D eigenvalue weighted by Gasteiger charge is 2.26. The third-order valence-electron chi connectivity index (χ3n) is 4.72. The molecule has 0 unspecified atom stereocenters. The van der Waals surface area contributed by atoms with Gasteiger partial charge in [-0.2, -0.15) is 4.98 Å². The van der Waals surface area contributed by atoms with Crippen molar-refractivity contribution in [2.75, 3.05) is 30.0 Å². The van der Waals surface area contributed by atoms with E-state index in [4.69, 9.17) is 4.74 Å². The van der Waals surface area contributed by atoms with Crippen LogP contribution in [0.2, 0.25) is 0 Å². The molecular formula is C21H20F2N4O. The van der Waals surface area contributed by atoms with Gasteiger partial charge in [0.25, 0.3) is 0 Å². The molecule has 2 aromatic carbocycles. The lowest BCUT2D eigenvalue weighted by molar-refractivity contribution is 0.0937. The molecule has 5 nitrogen and oxygen atoms in total. The molecule has 1 aliphatic rings. The number of hydrogen-bond acceptors (Lipinski definition) is 5. The second-order valence-electron chi connectivity index (χ2n) is 6.50. The summed E-state index contributed by atoms with van der Waals surface area (Å²) in [5.74, 6) is -0.606. The standard InChI is InChI=1S/C21H20F2N4O/c22-17-8-4-7-16(20(17)23)13-25-21-24-10-9-19(26-21)27-11-12-28-14-18(27)15-5-2-1-3-6-15/h1-10,18H,11-14H2,(H,24,25,26)/t18-/m0/s1. The Hall–Kier alpha value is -3.06. The van der Waals surface area contributed by atoms with Gasteiger partial charge in [-0.3, -0.25) is 0 Å². The van der Waals surface area contributed by atoms with Crippen molar-refractivity contribution in [1.29, 1.82) is 0 Å². The summed E-state index contributed by atoms with van der Waals surface area (Å²) in [5.41, 5.74) is 1.37. The predicted octanol–water partition coefficient (Wildman–Crippen LogP) is 3.94. The van der Waals surface area contributed by atoms with Gasteiger partial charge in [0, 0.05) is 24.8 Å². The van der Waals surface area contributed by atoms with E-state index in [0.717, 1.165) is 17.4 Å². The minimum absolute atomic E-state index is 0.0540. The Morgan fingerprint density at radius 3 is 2.79 bits per heavy atom. The van der Waals surface area contributed by atoms with E-state index in [9.17, 15) is 8.78 Å². The highest BCUT2D eigenvalue weighted by Crippen LogP contribution is 2.28. The second-order valence-corrected chi connectivity index (χ2v) is 6.50. The Balaban J connectivity index is 1.53. The van der Waals surface area contributed by atoms with E-state index in [1.165, 1.54) is 12.1 Å². The summed E-state index contributed by atoms with van der Waals surface area (Å²) in [6.07, 6.45) is 1.66. The SMILES string of the molecule is Fc1cccc(CNc2nccc(N3CCOC[C@H]3c3ccccc3)n2)c1F. The van der Waals surface area contributed by atoms with Crippen LogP contribution in [0.3, 0.4) is 0 Å².